The van der Waals surface area contributed by atoms with Gasteiger partial charge in [-0.05, 0) is 37.5 Å². The van der Waals surface area contributed by atoms with Gasteiger partial charge in [0.15, 0.2) is 0 Å². The molecule has 7 heteroatoms. The van der Waals surface area contributed by atoms with Gasteiger partial charge in [0.1, 0.15) is 11.9 Å². The summed E-state index contributed by atoms with van der Waals surface area (Å²) in [5.74, 6) is 0.0681. The molecule has 0 bridgehead atoms. The molecule has 3 rings (SSSR count). The smallest absolute Gasteiger partial charge is 0.310 e. The van der Waals surface area contributed by atoms with E-state index in [-0.39, 0.29) is 23.4 Å². The fourth-order valence-corrected chi connectivity index (χ4v) is 3.27. The Morgan fingerprint density at radius 1 is 1.45 bits per heavy atom. The third kappa shape index (κ3) is 2.48. The van der Waals surface area contributed by atoms with Crippen LogP contribution in [0.3, 0.4) is 0 Å². The molecular weight excluding hydrogens is 306 g/mol. The van der Waals surface area contributed by atoms with Gasteiger partial charge in [-0.25, -0.2) is 4.98 Å². The SMILES string of the molecule is C[C@@H]1CCC(c2c(Cl)ccc3ncc([N+](=O)[O-])c(N)c23)CO1. The van der Waals surface area contributed by atoms with Gasteiger partial charge in [0.25, 0.3) is 0 Å². The van der Waals surface area contributed by atoms with Crippen LogP contribution in [-0.4, -0.2) is 22.6 Å². The molecule has 116 valence electrons. The summed E-state index contributed by atoms with van der Waals surface area (Å²) >= 11 is 6.37. The lowest BCUT2D eigenvalue weighted by molar-refractivity contribution is -0.384. The van der Waals surface area contributed by atoms with E-state index >= 15 is 0 Å². The van der Waals surface area contributed by atoms with Crippen molar-refractivity contribution in [3.05, 3.63) is 39.0 Å². The van der Waals surface area contributed by atoms with Gasteiger partial charge in [-0.3, -0.25) is 10.1 Å². The van der Waals surface area contributed by atoms with Crippen molar-refractivity contribution in [1.29, 1.82) is 0 Å². The van der Waals surface area contributed by atoms with Crippen molar-refractivity contribution in [2.24, 2.45) is 0 Å². The molecule has 2 aromatic rings. The standard InChI is InChI=1S/C15H16ClN3O3/c1-8-2-3-9(7-22-8)13-10(16)4-5-11-14(13)15(17)12(6-18-11)19(20)21/h4-6,8-9H,2-3,7H2,1H3,(H2,17,18)/t8-,9?/m1/s1. The molecule has 1 unspecified atom stereocenters. The number of hydrogen-bond acceptors (Lipinski definition) is 5. The van der Waals surface area contributed by atoms with Crippen molar-refractivity contribution in [2.75, 3.05) is 12.3 Å². The predicted octanol–water partition coefficient (Wildman–Crippen LogP) is 3.66. The Morgan fingerprint density at radius 3 is 2.86 bits per heavy atom. The normalized spacial score (nSPS) is 21.9. The highest BCUT2D eigenvalue weighted by Gasteiger charge is 2.27. The number of benzene rings is 1. The molecule has 0 amide bonds. The monoisotopic (exact) mass is 321 g/mol. The zero-order valence-corrected chi connectivity index (χ0v) is 12.8. The van der Waals surface area contributed by atoms with E-state index in [0.29, 0.717) is 22.5 Å². The average molecular weight is 322 g/mol. The number of aromatic nitrogens is 1. The Balaban J connectivity index is 2.21. The number of halogens is 1. The highest BCUT2D eigenvalue weighted by molar-refractivity contribution is 6.32. The van der Waals surface area contributed by atoms with E-state index < -0.39 is 4.92 Å². The maximum Gasteiger partial charge on any atom is 0.310 e. The summed E-state index contributed by atoms with van der Waals surface area (Å²) in [5.41, 5.74) is 7.38. The summed E-state index contributed by atoms with van der Waals surface area (Å²) in [6.07, 6.45) is 3.23. The van der Waals surface area contributed by atoms with Gasteiger partial charge >= 0.3 is 5.69 Å². The number of nitrogen functional groups attached to an aromatic ring is 1. The number of ether oxygens (including phenoxy) is 1. The van der Waals surface area contributed by atoms with Crippen LogP contribution in [0.2, 0.25) is 5.02 Å². The van der Waals surface area contributed by atoms with Crippen molar-refractivity contribution >= 4 is 33.9 Å². The van der Waals surface area contributed by atoms with E-state index in [2.05, 4.69) is 4.98 Å². The van der Waals surface area contributed by atoms with Crippen molar-refractivity contribution in [1.82, 2.24) is 4.98 Å². The first-order valence-corrected chi connectivity index (χ1v) is 7.49. The number of nitrogens with two attached hydrogens (primary N) is 1. The summed E-state index contributed by atoms with van der Waals surface area (Å²) in [7, 11) is 0. The van der Waals surface area contributed by atoms with E-state index in [1.165, 1.54) is 6.20 Å². The molecule has 0 saturated carbocycles. The molecule has 2 atom stereocenters. The molecular formula is C15H16ClN3O3. The molecule has 22 heavy (non-hydrogen) atoms. The van der Waals surface area contributed by atoms with E-state index in [9.17, 15) is 10.1 Å². The van der Waals surface area contributed by atoms with Crippen molar-refractivity contribution in [3.8, 4) is 0 Å². The number of hydrogen-bond donors (Lipinski definition) is 1. The first-order chi connectivity index (χ1) is 10.5. The van der Waals surface area contributed by atoms with Crippen LogP contribution in [0.15, 0.2) is 18.3 Å². The van der Waals surface area contributed by atoms with Gasteiger partial charge in [-0.1, -0.05) is 11.6 Å². The van der Waals surface area contributed by atoms with Crippen LogP contribution in [0.5, 0.6) is 0 Å². The van der Waals surface area contributed by atoms with E-state index in [1.807, 2.05) is 6.92 Å². The van der Waals surface area contributed by atoms with Crippen molar-refractivity contribution in [3.63, 3.8) is 0 Å². The number of nitro groups is 1. The second-order valence-electron chi connectivity index (χ2n) is 5.59. The third-order valence-electron chi connectivity index (χ3n) is 4.15. The van der Waals surface area contributed by atoms with Crippen LogP contribution in [-0.2, 0) is 4.74 Å². The van der Waals surface area contributed by atoms with Gasteiger partial charge in [-0.15, -0.1) is 0 Å². The van der Waals surface area contributed by atoms with Crippen LogP contribution < -0.4 is 5.73 Å². The molecule has 0 aliphatic carbocycles. The molecule has 1 aromatic heterocycles. The van der Waals surface area contributed by atoms with Crippen LogP contribution >= 0.6 is 11.6 Å². The summed E-state index contributed by atoms with van der Waals surface area (Å²) in [5, 5.41) is 12.2. The summed E-state index contributed by atoms with van der Waals surface area (Å²) < 4.78 is 5.71. The van der Waals surface area contributed by atoms with E-state index in [4.69, 9.17) is 22.1 Å². The Kier molecular flexibility index (Phi) is 3.88. The Labute approximate surface area is 132 Å². The van der Waals surface area contributed by atoms with Gasteiger partial charge in [0, 0.05) is 16.3 Å². The molecule has 1 fully saturated rings. The first-order valence-electron chi connectivity index (χ1n) is 7.11. The second kappa shape index (κ2) is 5.70. The van der Waals surface area contributed by atoms with E-state index in [0.717, 1.165) is 18.4 Å². The average Bonchev–Trinajstić information content (AvgIpc) is 2.49. The van der Waals surface area contributed by atoms with Gasteiger partial charge in [0.05, 0.1) is 23.2 Å². The summed E-state index contributed by atoms with van der Waals surface area (Å²) in [6.45, 7) is 2.56. The highest BCUT2D eigenvalue weighted by atomic mass is 35.5. The minimum atomic E-state index is -0.522. The Bertz CT molecular complexity index is 742. The van der Waals surface area contributed by atoms with Crippen molar-refractivity contribution < 1.29 is 9.66 Å². The molecule has 6 nitrogen and oxygen atoms in total. The van der Waals surface area contributed by atoms with Gasteiger partial charge < -0.3 is 10.5 Å². The number of rotatable bonds is 2. The highest BCUT2D eigenvalue weighted by Crippen LogP contribution is 2.41. The first kappa shape index (κ1) is 15.0. The van der Waals surface area contributed by atoms with Gasteiger partial charge in [0.2, 0.25) is 0 Å². The molecule has 1 aromatic carbocycles. The fraction of sp³-hybridized carbons (Fsp3) is 0.400. The van der Waals surface area contributed by atoms with Crippen LogP contribution in [0.4, 0.5) is 11.4 Å². The molecule has 2 N–H and O–H groups in total. The molecule has 2 heterocycles. The lowest BCUT2D eigenvalue weighted by Crippen LogP contribution is -2.22. The second-order valence-corrected chi connectivity index (χ2v) is 5.99. The molecule has 1 aliphatic rings. The van der Waals surface area contributed by atoms with Crippen molar-refractivity contribution in [2.45, 2.75) is 31.8 Å². The Hall–Kier alpha value is -1.92. The minimum Gasteiger partial charge on any atom is -0.393 e. The predicted molar refractivity (Wildman–Crippen MR) is 85.2 cm³/mol. The molecule has 1 aliphatic heterocycles. The third-order valence-corrected chi connectivity index (χ3v) is 4.48. The zero-order valence-electron chi connectivity index (χ0n) is 12.1. The minimum absolute atomic E-state index is 0.0681. The lowest BCUT2D eigenvalue weighted by Gasteiger charge is -2.28. The largest absolute Gasteiger partial charge is 0.393 e. The van der Waals surface area contributed by atoms with Crippen LogP contribution in [0.1, 0.15) is 31.2 Å². The number of anilines is 1. The summed E-state index contributed by atoms with van der Waals surface area (Å²) in [6, 6.07) is 3.49. The molecule has 0 radical (unpaired) electrons. The topological polar surface area (TPSA) is 91.3 Å². The number of nitrogens with zero attached hydrogens (tertiary/aromatic N) is 2. The maximum atomic E-state index is 11.1. The van der Waals surface area contributed by atoms with Crippen LogP contribution in [0, 0.1) is 10.1 Å². The molecule has 1 saturated heterocycles. The fourth-order valence-electron chi connectivity index (χ4n) is 2.96. The maximum absolute atomic E-state index is 11.1. The van der Waals surface area contributed by atoms with E-state index in [1.54, 1.807) is 12.1 Å². The Morgan fingerprint density at radius 2 is 2.23 bits per heavy atom. The number of pyridine rings is 1. The number of fused-ring (bicyclic) bond motifs is 1. The lowest BCUT2D eigenvalue weighted by atomic mass is 9.88. The van der Waals surface area contributed by atoms with Gasteiger partial charge in [-0.2, -0.15) is 0 Å². The zero-order chi connectivity index (χ0) is 15.9. The quantitative estimate of drug-likeness (QED) is 0.673. The summed E-state index contributed by atoms with van der Waals surface area (Å²) in [4.78, 5) is 14.7. The molecule has 0 spiro atoms. The van der Waals surface area contributed by atoms with Crippen LogP contribution in [0.25, 0.3) is 10.9 Å².